The number of carbonyl (C=O) groups is 1. The second-order valence-electron chi connectivity index (χ2n) is 3.51. The van der Waals surface area contributed by atoms with Gasteiger partial charge < -0.3 is 4.74 Å². The van der Waals surface area contributed by atoms with Gasteiger partial charge in [0, 0.05) is 11.4 Å². The molecule has 0 saturated heterocycles. The molecule has 0 fully saturated rings. The fourth-order valence-electron chi connectivity index (χ4n) is 1.34. The molecule has 2 heterocycles. The zero-order valence-corrected chi connectivity index (χ0v) is 13.3. The Balaban J connectivity index is 2.18. The van der Waals surface area contributed by atoms with Gasteiger partial charge >= 0.3 is 5.97 Å². The number of sulfonamides is 1. The van der Waals surface area contributed by atoms with E-state index in [1.54, 1.807) is 12.1 Å². The summed E-state index contributed by atoms with van der Waals surface area (Å²) in [5.41, 5.74) is 1.07. The van der Waals surface area contributed by atoms with E-state index in [4.69, 9.17) is 11.6 Å². The fraction of sp³-hybridized carbons (Fsp3) is 0.200. The number of hydrogen-bond donors (Lipinski definition) is 1. The van der Waals surface area contributed by atoms with Crippen LogP contribution in [0.5, 0.6) is 0 Å². The highest BCUT2D eigenvalue weighted by Crippen LogP contribution is 2.23. The summed E-state index contributed by atoms with van der Waals surface area (Å²) in [7, 11) is -2.66. The lowest BCUT2D eigenvalue weighted by molar-refractivity contribution is 0.0590. The number of esters is 1. The van der Waals surface area contributed by atoms with Crippen molar-refractivity contribution in [3.8, 4) is 0 Å². The van der Waals surface area contributed by atoms with Gasteiger partial charge in [0.25, 0.3) is 10.0 Å². The predicted molar refractivity (Wildman–Crippen MR) is 76.8 cm³/mol. The van der Waals surface area contributed by atoms with Gasteiger partial charge in [0.05, 0.1) is 17.0 Å². The average Bonchev–Trinajstić information content (AvgIpc) is 3.04. The van der Waals surface area contributed by atoms with E-state index in [1.807, 2.05) is 0 Å². The van der Waals surface area contributed by atoms with E-state index in [2.05, 4.69) is 14.4 Å². The van der Waals surface area contributed by atoms with E-state index in [9.17, 15) is 13.2 Å². The molecule has 2 aromatic heterocycles. The molecule has 20 heavy (non-hydrogen) atoms. The number of halogens is 1. The normalized spacial score (nSPS) is 11.5. The Kier molecular flexibility index (Phi) is 4.76. The molecule has 0 aliphatic heterocycles. The standard InChI is InChI=1S/C10H9ClN2O4S3/c1-17-9(14)8-10(18-5-12-8)20(15,16)13-4-6-2-3-7(11)19-6/h2-3,5,13H,4H2,1H3. The zero-order chi connectivity index (χ0) is 14.8. The molecule has 108 valence electrons. The number of carbonyl (C=O) groups excluding carboxylic acids is 1. The molecule has 2 aromatic rings. The first-order valence-corrected chi connectivity index (χ1v) is 8.75. The lowest BCUT2D eigenvalue weighted by Crippen LogP contribution is -2.24. The summed E-state index contributed by atoms with van der Waals surface area (Å²) in [6.45, 7) is 0.0955. The van der Waals surface area contributed by atoms with Gasteiger partial charge in [-0.3, -0.25) is 0 Å². The number of methoxy groups -OCH3 is 1. The number of nitrogens with zero attached hydrogens (tertiary/aromatic N) is 1. The summed E-state index contributed by atoms with van der Waals surface area (Å²) >= 11 is 7.90. The Labute approximate surface area is 128 Å². The molecule has 0 bridgehead atoms. The van der Waals surface area contributed by atoms with Crippen molar-refractivity contribution in [1.82, 2.24) is 9.71 Å². The molecule has 10 heteroatoms. The van der Waals surface area contributed by atoms with Crippen LogP contribution < -0.4 is 4.72 Å². The Morgan fingerprint density at radius 2 is 2.25 bits per heavy atom. The molecule has 6 nitrogen and oxygen atoms in total. The number of ether oxygens (including phenoxy) is 1. The van der Waals surface area contributed by atoms with Crippen LogP contribution in [0.25, 0.3) is 0 Å². The summed E-state index contributed by atoms with van der Waals surface area (Å²) in [5, 5.41) is 0. The Hall–Kier alpha value is -1.000. The zero-order valence-electron chi connectivity index (χ0n) is 10.1. The van der Waals surface area contributed by atoms with Crippen LogP contribution in [0.1, 0.15) is 15.4 Å². The van der Waals surface area contributed by atoms with Gasteiger partial charge in [-0.25, -0.2) is 22.9 Å². The first kappa shape index (κ1) is 15.4. The van der Waals surface area contributed by atoms with E-state index < -0.39 is 16.0 Å². The van der Waals surface area contributed by atoms with Gasteiger partial charge in [0.2, 0.25) is 0 Å². The van der Waals surface area contributed by atoms with E-state index in [0.717, 1.165) is 16.2 Å². The lowest BCUT2D eigenvalue weighted by atomic mass is 10.5. The second-order valence-corrected chi connectivity index (χ2v) is 8.13. The number of aromatic nitrogens is 1. The number of nitrogens with one attached hydrogen (secondary N) is 1. The largest absolute Gasteiger partial charge is 0.464 e. The SMILES string of the molecule is COC(=O)c1ncsc1S(=O)(=O)NCc1ccc(Cl)s1. The van der Waals surface area contributed by atoms with Crippen LogP contribution in [0.15, 0.2) is 21.9 Å². The molecular formula is C10H9ClN2O4S3. The van der Waals surface area contributed by atoms with Crippen LogP contribution in [0.4, 0.5) is 0 Å². The van der Waals surface area contributed by atoms with E-state index in [0.29, 0.717) is 4.34 Å². The molecule has 0 aromatic carbocycles. The summed E-state index contributed by atoms with van der Waals surface area (Å²) < 4.78 is 31.6. The fourth-order valence-corrected chi connectivity index (χ4v) is 4.64. The molecule has 2 rings (SSSR count). The summed E-state index contributed by atoms with van der Waals surface area (Å²) in [6, 6.07) is 3.41. The van der Waals surface area contributed by atoms with Crippen LogP contribution in [0.2, 0.25) is 4.34 Å². The second kappa shape index (κ2) is 6.19. The molecular weight excluding hydrogens is 344 g/mol. The van der Waals surface area contributed by atoms with Gasteiger partial charge in [-0.1, -0.05) is 11.6 Å². The Morgan fingerprint density at radius 1 is 1.50 bits per heavy atom. The number of rotatable bonds is 5. The van der Waals surface area contributed by atoms with Gasteiger partial charge in [-0.05, 0) is 12.1 Å². The van der Waals surface area contributed by atoms with Crippen molar-refractivity contribution in [1.29, 1.82) is 0 Å². The molecule has 0 radical (unpaired) electrons. The summed E-state index contributed by atoms with van der Waals surface area (Å²) in [4.78, 5) is 15.9. The first-order valence-electron chi connectivity index (χ1n) is 5.19. The van der Waals surface area contributed by atoms with E-state index >= 15 is 0 Å². The van der Waals surface area contributed by atoms with Crippen LogP contribution in [-0.2, 0) is 21.3 Å². The summed E-state index contributed by atoms with van der Waals surface area (Å²) in [5.74, 6) is -0.786. The van der Waals surface area contributed by atoms with Crippen molar-refractivity contribution in [3.05, 3.63) is 32.6 Å². The third-order valence-corrected chi connectivity index (χ3v) is 6.23. The van der Waals surface area contributed by atoms with Crippen LogP contribution in [0, 0.1) is 0 Å². The van der Waals surface area contributed by atoms with Crippen molar-refractivity contribution in [2.45, 2.75) is 10.8 Å². The maximum atomic E-state index is 12.1. The highest BCUT2D eigenvalue weighted by atomic mass is 35.5. The minimum Gasteiger partial charge on any atom is -0.464 e. The number of thiazole rings is 1. The monoisotopic (exact) mass is 352 g/mol. The van der Waals surface area contributed by atoms with Gasteiger partial charge in [0.1, 0.15) is 0 Å². The highest BCUT2D eigenvalue weighted by Gasteiger charge is 2.26. The third kappa shape index (κ3) is 3.36. The van der Waals surface area contributed by atoms with Gasteiger partial charge in [-0.15, -0.1) is 22.7 Å². The van der Waals surface area contributed by atoms with Crippen LogP contribution in [-0.4, -0.2) is 26.5 Å². The highest BCUT2D eigenvalue weighted by molar-refractivity contribution is 7.91. The van der Waals surface area contributed by atoms with E-state index in [-0.39, 0.29) is 16.4 Å². The Bertz CT molecular complexity index is 722. The first-order chi connectivity index (χ1) is 9.44. The van der Waals surface area contributed by atoms with Crippen molar-refractivity contribution in [3.63, 3.8) is 0 Å². The van der Waals surface area contributed by atoms with Crippen LogP contribution >= 0.6 is 34.3 Å². The quantitative estimate of drug-likeness (QED) is 0.833. The predicted octanol–water partition coefficient (Wildman–Crippen LogP) is 2.12. The minimum absolute atomic E-state index is 0.0955. The summed E-state index contributed by atoms with van der Waals surface area (Å²) in [6.07, 6.45) is 0. The topological polar surface area (TPSA) is 85.4 Å². The van der Waals surface area contributed by atoms with Gasteiger partial charge in [-0.2, -0.15) is 0 Å². The smallest absolute Gasteiger partial charge is 0.358 e. The van der Waals surface area contributed by atoms with Crippen LogP contribution in [0.3, 0.4) is 0 Å². The van der Waals surface area contributed by atoms with E-state index in [1.165, 1.54) is 24.0 Å². The molecule has 0 aliphatic rings. The molecule has 0 unspecified atom stereocenters. The third-order valence-electron chi connectivity index (χ3n) is 2.22. The van der Waals surface area contributed by atoms with Crippen molar-refractivity contribution >= 4 is 50.3 Å². The molecule has 0 saturated carbocycles. The molecule has 0 atom stereocenters. The molecule has 0 aliphatic carbocycles. The molecule has 0 spiro atoms. The molecule has 0 amide bonds. The average molecular weight is 353 g/mol. The number of hydrogen-bond acceptors (Lipinski definition) is 7. The maximum absolute atomic E-state index is 12.1. The number of thiophene rings is 1. The Morgan fingerprint density at radius 3 is 2.85 bits per heavy atom. The minimum atomic E-state index is -3.82. The van der Waals surface area contributed by atoms with Gasteiger partial charge in [0.15, 0.2) is 9.90 Å². The maximum Gasteiger partial charge on any atom is 0.358 e. The van der Waals surface area contributed by atoms with Crippen molar-refractivity contribution in [2.75, 3.05) is 7.11 Å². The van der Waals surface area contributed by atoms with Crippen molar-refractivity contribution in [2.24, 2.45) is 0 Å². The molecule has 1 N–H and O–H groups in total. The lowest BCUT2D eigenvalue weighted by Gasteiger charge is -2.04. The van der Waals surface area contributed by atoms with Crippen molar-refractivity contribution < 1.29 is 17.9 Å².